The van der Waals surface area contributed by atoms with Crippen LogP contribution in [0, 0.1) is 20.8 Å². The summed E-state index contributed by atoms with van der Waals surface area (Å²) in [6.07, 6.45) is 0. The molecule has 0 amide bonds. The lowest BCUT2D eigenvalue weighted by molar-refractivity contribution is 0.721. The van der Waals surface area contributed by atoms with Crippen LogP contribution < -0.4 is 0 Å². The minimum atomic E-state index is -0.192. The Kier molecular flexibility index (Phi) is 4.27. The van der Waals surface area contributed by atoms with E-state index in [1.54, 1.807) is 4.90 Å². The second kappa shape index (κ2) is 4.92. The van der Waals surface area contributed by atoms with E-state index in [4.69, 9.17) is 0 Å². The number of benzene rings is 1. The van der Waals surface area contributed by atoms with E-state index in [0.29, 0.717) is 9.49 Å². The molecule has 0 N–H and O–H groups in total. The molecule has 0 saturated heterocycles. The Bertz CT molecular complexity index is 393. The van der Waals surface area contributed by atoms with Crippen molar-refractivity contribution >= 4 is 10.9 Å². The number of thiol groups is 1. The molecule has 0 bridgehead atoms. The first-order valence-corrected chi connectivity index (χ1v) is 8.17. The first-order chi connectivity index (χ1) is 7.94. The number of hydrogen-bond donors (Lipinski definition) is 1. The highest BCUT2D eigenvalue weighted by atomic mass is 32.2. The van der Waals surface area contributed by atoms with Crippen molar-refractivity contribution in [3.63, 3.8) is 0 Å². The summed E-state index contributed by atoms with van der Waals surface area (Å²) < 4.78 is 0.691. The van der Waals surface area contributed by atoms with Crippen LogP contribution in [0.1, 0.15) is 58.2 Å². The van der Waals surface area contributed by atoms with Crippen LogP contribution >= 0.6 is 10.9 Å². The summed E-state index contributed by atoms with van der Waals surface area (Å²) in [5, 5.41) is 0. The Labute approximate surface area is 117 Å². The van der Waals surface area contributed by atoms with Gasteiger partial charge < -0.3 is 0 Å². The van der Waals surface area contributed by atoms with Crippen LogP contribution in [0.25, 0.3) is 0 Å². The summed E-state index contributed by atoms with van der Waals surface area (Å²) in [7, 11) is -0.192. The predicted octanol–water partition coefficient (Wildman–Crippen LogP) is 5.57. The van der Waals surface area contributed by atoms with Gasteiger partial charge in [0.15, 0.2) is 0 Å². The van der Waals surface area contributed by atoms with E-state index in [1.165, 1.54) is 16.7 Å². The fourth-order valence-electron chi connectivity index (χ4n) is 3.20. The summed E-state index contributed by atoms with van der Waals surface area (Å²) in [5.74, 6) is 0. The van der Waals surface area contributed by atoms with Crippen molar-refractivity contribution < 1.29 is 0 Å². The molecule has 0 aliphatic heterocycles. The first kappa shape index (κ1) is 15.6. The van der Waals surface area contributed by atoms with Crippen LogP contribution in [0.15, 0.2) is 17.0 Å². The molecule has 0 aromatic heterocycles. The van der Waals surface area contributed by atoms with Crippen LogP contribution in [0.2, 0.25) is 0 Å². The van der Waals surface area contributed by atoms with E-state index < -0.39 is 0 Å². The summed E-state index contributed by atoms with van der Waals surface area (Å²) >= 11 is 0. The molecular weight excluding hydrogens is 236 g/mol. The Morgan fingerprint density at radius 3 is 1.33 bits per heavy atom. The molecule has 0 aliphatic rings. The Morgan fingerprint density at radius 2 is 1.06 bits per heavy atom. The average molecular weight is 266 g/mol. The van der Waals surface area contributed by atoms with Gasteiger partial charge in [0.1, 0.15) is 0 Å². The molecule has 1 heteroatoms. The van der Waals surface area contributed by atoms with Gasteiger partial charge in [-0.2, -0.15) is 0 Å². The number of hydrogen-bond acceptors (Lipinski definition) is 0. The third kappa shape index (κ3) is 3.32. The Hall–Kier alpha value is -0.430. The van der Waals surface area contributed by atoms with Gasteiger partial charge in [-0.25, -0.2) is 10.9 Å². The van der Waals surface area contributed by atoms with Gasteiger partial charge in [0.05, 0.1) is 0 Å². The zero-order valence-corrected chi connectivity index (χ0v) is 14.5. The standard InChI is InChI=1S/C17H30S/c1-12-10-13(2)15(14(3)11-12)18(16(4,5)6)17(7,8)9/h10-11,18H,1-9H3. The van der Waals surface area contributed by atoms with Crippen LogP contribution in [-0.2, 0) is 0 Å². The molecule has 1 aromatic carbocycles. The van der Waals surface area contributed by atoms with E-state index in [2.05, 4.69) is 74.4 Å². The van der Waals surface area contributed by atoms with Crippen molar-refractivity contribution in [2.45, 2.75) is 76.7 Å². The molecule has 0 heterocycles. The maximum Gasteiger partial charge on any atom is -0.00574 e. The van der Waals surface area contributed by atoms with Gasteiger partial charge in [-0.1, -0.05) is 59.2 Å². The third-order valence-electron chi connectivity index (χ3n) is 3.20. The molecule has 18 heavy (non-hydrogen) atoms. The average Bonchev–Trinajstić information content (AvgIpc) is 2.06. The highest BCUT2D eigenvalue weighted by molar-refractivity contribution is 8.19. The summed E-state index contributed by atoms with van der Waals surface area (Å²) in [4.78, 5) is 1.62. The second-order valence-corrected chi connectivity index (χ2v) is 11.2. The molecule has 0 atom stereocenters. The summed E-state index contributed by atoms with van der Waals surface area (Å²) in [6.45, 7) is 21.1. The van der Waals surface area contributed by atoms with Crippen LogP contribution in [0.3, 0.4) is 0 Å². The van der Waals surface area contributed by atoms with E-state index in [1.807, 2.05) is 0 Å². The maximum absolute atomic E-state index is 2.39. The Balaban J connectivity index is 3.50. The second-order valence-electron chi connectivity index (χ2n) is 7.42. The van der Waals surface area contributed by atoms with Crippen molar-refractivity contribution in [3.05, 3.63) is 28.8 Å². The fourth-order valence-corrected chi connectivity index (χ4v) is 7.39. The van der Waals surface area contributed by atoms with Crippen LogP contribution in [0.5, 0.6) is 0 Å². The van der Waals surface area contributed by atoms with Crippen molar-refractivity contribution in [1.82, 2.24) is 0 Å². The van der Waals surface area contributed by atoms with E-state index in [0.717, 1.165) is 0 Å². The molecule has 0 radical (unpaired) electrons. The summed E-state index contributed by atoms with van der Waals surface area (Å²) in [6, 6.07) is 4.68. The molecule has 0 aliphatic carbocycles. The lowest BCUT2D eigenvalue weighted by Gasteiger charge is -2.47. The first-order valence-electron chi connectivity index (χ1n) is 6.83. The molecule has 0 unspecified atom stereocenters. The SMILES string of the molecule is Cc1cc(C)c([SH](C(C)(C)C)C(C)(C)C)c(C)c1. The van der Waals surface area contributed by atoms with Gasteiger partial charge in [0.2, 0.25) is 0 Å². The predicted molar refractivity (Wildman–Crippen MR) is 87.4 cm³/mol. The minimum Gasteiger partial charge on any atom is -0.217 e. The molecule has 0 nitrogen and oxygen atoms in total. The number of rotatable bonds is 1. The smallest absolute Gasteiger partial charge is 0.00574 e. The topological polar surface area (TPSA) is 0 Å². The molecule has 0 fully saturated rings. The molecule has 0 saturated carbocycles. The lowest BCUT2D eigenvalue weighted by Crippen LogP contribution is -2.29. The van der Waals surface area contributed by atoms with Crippen molar-refractivity contribution in [2.75, 3.05) is 0 Å². The van der Waals surface area contributed by atoms with Gasteiger partial charge in [-0.05, 0) is 46.3 Å². The van der Waals surface area contributed by atoms with Crippen LogP contribution in [-0.4, -0.2) is 9.49 Å². The van der Waals surface area contributed by atoms with Gasteiger partial charge in [0, 0.05) is 0 Å². The molecule has 1 aromatic rings. The zero-order valence-electron chi connectivity index (χ0n) is 13.6. The normalized spacial score (nSPS) is 13.7. The number of aryl methyl sites for hydroxylation is 3. The molecule has 104 valence electrons. The van der Waals surface area contributed by atoms with Crippen LogP contribution in [0.4, 0.5) is 0 Å². The third-order valence-corrected chi connectivity index (χ3v) is 7.04. The zero-order chi connectivity index (χ0) is 14.3. The van der Waals surface area contributed by atoms with E-state index in [-0.39, 0.29) is 10.9 Å². The lowest BCUT2D eigenvalue weighted by atomic mass is 10.1. The molecular formula is C17H30S. The monoisotopic (exact) mass is 266 g/mol. The quantitative estimate of drug-likeness (QED) is 0.631. The fraction of sp³-hybridized carbons (Fsp3) is 0.647. The highest BCUT2D eigenvalue weighted by Crippen LogP contribution is 2.58. The maximum atomic E-state index is 2.39. The van der Waals surface area contributed by atoms with Gasteiger partial charge in [-0.3, -0.25) is 0 Å². The largest absolute Gasteiger partial charge is 0.217 e. The van der Waals surface area contributed by atoms with Crippen molar-refractivity contribution in [2.24, 2.45) is 0 Å². The van der Waals surface area contributed by atoms with Gasteiger partial charge in [0.25, 0.3) is 0 Å². The molecule has 0 spiro atoms. The minimum absolute atomic E-state index is 0.192. The molecule has 1 rings (SSSR count). The van der Waals surface area contributed by atoms with Gasteiger partial charge in [-0.15, -0.1) is 0 Å². The van der Waals surface area contributed by atoms with Crippen molar-refractivity contribution in [3.8, 4) is 0 Å². The summed E-state index contributed by atoms with van der Waals surface area (Å²) in [5.41, 5.74) is 4.33. The van der Waals surface area contributed by atoms with Gasteiger partial charge >= 0.3 is 0 Å². The Morgan fingerprint density at radius 1 is 0.722 bits per heavy atom. The van der Waals surface area contributed by atoms with Crippen molar-refractivity contribution in [1.29, 1.82) is 0 Å². The van der Waals surface area contributed by atoms with E-state index in [9.17, 15) is 0 Å². The highest BCUT2D eigenvalue weighted by Gasteiger charge is 2.34. The van der Waals surface area contributed by atoms with E-state index >= 15 is 0 Å².